The van der Waals surface area contributed by atoms with Crippen LogP contribution in [0.1, 0.15) is 6.42 Å². The number of carbonyl (C=O) groups is 1. The van der Waals surface area contributed by atoms with Crippen LogP contribution in [-0.2, 0) is 9.53 Å². The smallest absolute Gasteiger partial charge is 0.335 e. The van der Waals surface area contributed by atoms with Crippen LogP contribution in [0.25, 0.3) is 0 Å². The number of rotatable bonds is 3. The van der Waals surface area contributed by atoms with Gasteiger partial charge in [-0.15, -0.1) is 6.58 Å². The number of hydrogen-bond donors (Lipinski definition) is 1. The van der Waals surface area contributed by atoms with E-state index < -0.39 is 0 Å². The van der Waals surface area contributed by atoms with Crippen molar-refractivity contribution < 1.29 is 9.53 Å². The van der Waals surface area contributed by atoms with Gasteiger partial charge in [0.15, 0.2) is 0 Å². The lowest BCUT2D eigenvalue weighted by molar-refractivity contribution is -0.135. The first-order valence-electron chi connectivity index (χ1n) is 3.55. The summed E-state index contributed by atoms with van der Waals surface area (Å²) >= 11 is 0. The molecule has 0 bridgehead atoms. The van der Waals surface area contributed by atoms with Crippen molar-refractivity contribution in [3.05, 3.63) is 24.4 Å². The average molecular weight is 153 g/mol. The fourth-order valence-electron chi connectivity index (χ4n) is 0.845. The summed E-state index contributed by atoms with van der Waals surface area (Å²) < 4.78 is 4.72. The highest BCUT2D eigenvalue weighted by atomic mass is 16.5. The Balaban J connectivity index is 2.38. The average Bonchev–Trinajstić information content (AvgIpc) is 2.37. The summed E-state index contributed by atoms with van der Waals surface area (Å²) in [6.45, 7) is 4.73. The lowest BCUT2D eigenvalue weighted by Crippen LogP contribution is -2.07. The third-order valence-corrected chi connectivity index (χ3v) is 1.41. The van der Waals surface area contributed by atoms with Gasteiger partial charge in [-0.25, -0.2) is 4.79 Å². The van der Waals surface area contributed by atoms with E-state index in [-0.39, 0.29) is 5.97 Å². The Morgan fingerprint density at radius 2 is 2.55 bits per heavy atom. The zero-order chi connectivity index (χ0) is 8.10. The van der Waals surface area contributed by atoms with Gasteiger partial charge in [0.05, 0.1) is 12.2 Å². The third-order valence-electron chi connectivity index (χ3n) is 1.41. The van der Waals surface area contributed by atoms with Gasteiger partial charge in [-0.3, -0.25) is 0 Å². The quantitative estimate of drug-likeness (QED) is 0.279. The Kier molecular flexibility index (Phi) is 2.72. The van der Waals surface area contributed by atoms with Gasteiger partial charge in [-0.05, 0) is 0 Å². The van der Waals surface area contributed by atoms with Crippen LogP contribution in [0.2, 0.25) is 0 Å². The van der Waals surface area contributed by atoms with Crippen molar-refractivity contribution in [2.75, 3.05) is 13.2 Å². The molecule has 11 heavy (non-hydrogen) atoms. The maximum atomic E-state index is 10.8. The Bertz CT molecular complexity index is 196. The zero-order valence-corrected chi connectivity index (χ0v) is 6.30. The van der Waals surface area contributed by atoms with Crippen LogP contribution in [0.4, 0.5) is 0 Å². The molecule has 1 heterocycles. The molecule has 1 aliphatic heterocycles. The molecule has 1 aliphatic rings. The van der Waals surface area contributed by atoms with E-state index in [1.165, 1.54) is 0 Å². The van der Waals surface area contributed by atoms with Crippen LogP contribution >= 0.6 is 0 Å². The van der Waals surface area contributed by atoms with Gasteiger partial charge in [-0.2, -0.15) is 0 Å². The van der Waals surface area contributed by atoms with Gasteiger partial charge in [-0.1, -0.05) is 6.08 Å². The van der Waals surface area contributed by atoms with E-state index in [0.29, 0.717) is 25.1 Å². The Morgan fingerprint density at radius 3 is 3.09 bits per heavy atom. The fraction of sp³-hybridized carbons (Fsp3) is 0.375. The molecule has 3 nitrogen and oxygen atoms in total. The van der Waals surface area contributed by atoms with Crippen molar-refractivity contribution in [2.24, 2.45) is 0 Å². The minimum Gasteiger partial charge on any atom is -0.462 e. The van der Waals surface area contributed by atoms with Gasteiger partial charge in [0.1, 0.15) is 0 Å². The van der Waals surface area contributed by atoms with Crippen molar-refractivity contribution in [2.45, 2.75) is 6.42 Å². The highest BCUT2D eigenvalue weighted by molar-refractivity contribution is 5.90. The van der Waals surface area contributed by atoms with Crippen LogP contribution in [0.3, 0.4) is 0 Å². The molecule has 0 aliphatic carbocycles. The second kappa shape index (κ2) is 3.81. The molecule has 0 aromatic heterocycles. The summed E-state index contributed by atoms with van der Waals surface area (Å²) in [6.07, 6.45) is 4.14. The van der Waals surface area contributed by atoms with E-state index in [0.717, 1.165) is 0 Å². The first kappa shape index (κ1) is 7.85. The lowest BCUT2D eigenvalue weighted by Gasteiger charge is -1.94. The largest absolute Gasteiger partial charge is 0.462 e. The number of ether oxygens (including phenoxy) is 1. The monoisotopic (exact) mass is 153 g/mol. The molecule has 0 aromatic rings. The summed E-state index contributed by atoms with van der Waals surface area (Å²) in [4.78, 5) is 10.8. The topological polar surface area (TPSA) is 38.3 Å². The van der Waals surface area contributed by atoms with Crippen molar-refractivity contribution >= 4 is 5.97 Å². The molecule has 1 fully saturated rings. The van der Waals surface area contributed by atoms with Crippen LogP contribution in [0.5, 0.6) is 0 Å². The number of hydrogen-bond acceptors (Lipinski definition) is 3. The van der Waals surface area contributed by atoms with Crippen LogP contribution in [0.15, 0.2) is 24.4 Å². The zero-order valence-electron chi connectivity index (χ0n) is 6.30. The van der Waals surface area contributed by atoms with Crippen molar-refractivity contribution in [1.82, 2.24) is 5.32 Å². The molecule has 0 spiro atoms. The molecule has 1 N–H and O–H groups in total. The summed E-state index contributed by atoms with van der Waals surface area (Å²) in [7, 11) is 0. The van der Waals surface area contributed by atoms with Crippen LogP contribution in [0, 0.1) is 0 Å². The molecular formula is C8H11NO2. The van der Waals surface area contributed by atoms with Crippen molar-refractivity contribution in [3.63, 3.8) is 0 Å². The van der Waals surface area contributed by atoms with Crippen LogP contribution in [-0.4, -0.2) is 19.1 Å². The van der Waals surface area contributed by atoms with Crippen molar-refractivity contribution in [3.8, 4) is 0 Å². The molecule has 3 heteroatoms. The molecule has 0 radical (unpaired) electrons. The summed E-state index contributed by atoms with van der Waals surface area (Å²) in [5, 5.41) is 2.93. The maximum absolute atomic E-state index is 10.8. The van der Waals surface area contributed by atoms with Crippen molar-refractivity contribution in [1.29, 1.82) is 0 Å². The van der Waals surface area contributed by atoms with E-state index in [1.807, 2.05) is 0 Å². The first-order valence-corrected chi connectivity index (χ1v) is 3.55. The number of esters is 1. The molecule has 1 saturated heterocycles. The van der Waals surface area contributed by atoms with Gasteiger partial charge < -0.3 is 10.1 Å². The normalized spacial score (nSPS) is 20.0. The third kappa shape index (κ3) is 2.11. The van der Waals surface area contributed by atoms with E-state index in [9.17, 15) is 4.79 Å². The van der Waals surface area contributed by atoms with Gasteiger partial charge in [0.25, 0.3) is 0 Å². The van der Waals surface area contributed by atoms with E-state index in [4.69, 9.17) is 4.74 Å². The molecule has 60 valence electrons. The Labute approximate surface area is 65.7 Å². The Hall–Kier alpha value is -1.25. The first-order chi connectivity index (χ1) is 5.34. The van der Waals surface area contributed by atoms with Crippen LogP contribution < -0.4 is 5.32 Å². The number of cyclic esters (lactones) is 1. The Morgan fingerprint density at radius 1 is 1.73 bits per heavy atom. The minimum absolute atomic E-state index is 0.207. The van der Waals surface area contributed by atoms with Gasteiger partial charge in [0, 0.05) is 19.2 Å². The predicted molar refractivity (Wildman–Crippen MR) is 41.9 cm³/mol. The lowest BCUT2D eigenvalue weighted by atomic mass is 10.2. The maximum Gasteiger partial charge on any atom is 0.335 e. The summed E-state index contributed by atoms with van der Waals surface area (Å²) in [5.74, 6) is -0.207. The summed E-state index contributed by atoms with van der Waals surface area (Å²) in [6, 6.07) is 0. The fourth-order valence-corrected chi connectivity index (χ4v) is 0.845. The molecule has 0 atom stereocenters. The van der Waals surface area contributed by atoms with E-state index >= 15 is 0 Å². The molecule has 1 rings (SSSR count). The second-order valence-corrected chi connectivity index (χ2v) is 2.25. The van der Waals surface area contributed by atoms with E-state index in [2.05, 4.69) is 11.9 Å². The highest BCUT2D eigenvalue weighted by Crippen LogP contribution is 2.10. The molecular weight excluding hydrogens is 142 g/mol. The number of nitrogens with one attached hydrogen (secondary N) is 1. The SMILES string of the molecule is C=CCN/C=C1\CCOC1=O. The van der Waals surface area contributed by atoms with Gasteiger partial charge >= 0.3 is 5.97 Å². The molecule has 0 aromatic carbocycles. The molecule has 0 amide bonds. The predicted octanol–water partition coefficient (Wildman–Crippen LogP) is 0.593. The van der Waals surface area contributed by atoms with E-state index in [1.54, 1.807) is 12.3 Å². The summed E-state index contributed by atoms with van der Waals surface area (Å²) in [5.41, 5.74) is 0.715. The molecule has 0 saturated carbocycles. The molecule has 0 unspecified atom stereocenters. The number of carbonyl (C=O) groups excluding carboxylic acids is 1. The standard InChI is InChI=1S/C8H11NO2/c1-2-4-9-6-7-3-5-11-8(7)10/h2,6,9H,1,3-5H2/b7-6+. The minimum atomic E-state index is -0.207. The second-order valence-electron chi connectivity index (χ2n) is 2.25. The highest BCUT2D eigenvalue weighted by Gasteiger charge is 2.17. The van der Waals surface area contributed by atoms with Gasteiger partial charge in [0.2, 0.25) is 0 Å².